The number of aromatic nitrogens is 1. The molecule has 1 fully saturated rings. The zero-order chi connectivity index (χ0) is 13.2. The Morgan fingerprint density at radius 3 is 2.79 bits per heavy atom. The molecule has 0 amide bonds. The van der Waals surface area contributed by atoms with Gasteiger partial charge in [0.2, 0.25) is 0 Å². The van der Waals surface area contributed by atoms with Gasteiger partial charge in [-0.25, -0.2) is 0 Å². The van der Waals surface area contributed by atoms with Crippen molar-refractivity contribution in [2.75, 3.05) is 19.6 Å². The molecular weight excluding hydrogens is 240 g/mol. The van der Waals surface area contributed by atoms with Gasteiger partial charge in [-0.05, 0) is 37.6 Å². The molecule has 1 saturated heterocycles. The van der Waals surface area contributed by atoms with Crippen LogP contribution in [0.25, 0.3) is 10.9 Å². The molecule has 0 aliphatic carbocycles. The number of aromatic amines is 1. The van der Waals surface area contributed by atoms with Gasteiger partial charge in [-0.2, -0.15) is 0 Å². The van der Waals surface area contributed by atoms with Gasteiger partial charge in [-0.3, -0.25) is 4.79 Å². The molecule has 2 aromatic rings. The Bertz CT molecular complexity index is 585. The normalized spacial score (nSPS) is 17.9. The largest absolute Gasteiger partial charge is 0.481 e. The molecule has 1 aromatic heterocycles. The number of carboxylic acid groups (broad SMARTS) is 1. The molecule has 3 rings (SSSR count). The van der Waals surface area contributed by atoms with Crippen LogP contribution in [0.15, 0.2) is 30.5 Å². The SMILES string of the molecule is O=C(O)C(CN1CCCC1)c1c[nH]c2ccccc12. The fraction of sp³-hybridized carbons (Fsp3) is 0.400. The molecule has 2 heterocycles. The van der Waals surface area contributed by atoms with Crippen molar-refractivity contribution in [1.29, 1.82) is 0 Å². The lowest BCUT2D eigenvalue weighted by atomic mass is 9.98. The fourth-order valence-corrected chi connectivity index (χ4v) is 2.92. The third-order valence-corrected chi connectivity index (χ3v) is 3.93. The van der Waals surface area contributed by atoms with Crippen LogP contribution in [-0.2, 0) is 4.79 Å². The van der Waals surface area contributed by atoms with E-state index >= 15 is 0 Å². The van der Waals surface area contributed by atoms with Crippen molar-refractivity contribution in [3.8, 4) is 0 Å². The molecule has 1 aromatic carbocycles. The van der Waals surface area contributed by atoms with Gasteiger partial charge in [0.25, 0.3) is 0 Å². The standard InChI is InChI=1S/C15H18N2O2/c18-15(19)13(10-17-7-3-4-8-17)12-9-16-14-6-2-1-5-11(12)14/h1-2,5-6,9,13,16H,3-4,7-8,10H2,(H,18,19). The number of carbonyl (C=O) groups is 1. The van der Waals surface area contributed by atoms with Crippen molar-refractivity contribution < 1.29 is 9.90 Å². The lowest BCUT2D eigenvalue weighted by Gasteiger charge is -2.20. The fourth-order valence-electron chi connectivity index (χ4n) is 2.92. The van der Waals surface area contributed by atoms with Gasteiger partial charge in [0.05, 0.1) is 5.92 Å². The van der Waals surface area contributed by atoms with Gasteiger partial charge in [0.1, 0.15) is 0 Å². The molecule has 4 nitrogen and oxygen atoms in total. The molecule has 0 saturated carbocycles. The minimum Gasteiger partial charge on any atom is -0.481 e. The van der Waals surface area contributed by atoms with E-state index in [1.807, 2.05) is 30.5 Å². The van der Waals surface area contributed by atoms with E-state index in [9.17, 15) is 9.90 Å². The Labute approximate surface area is 112 Å². The highest BCUT2D eigenvalue weighted by atomic mass is 16.4. The molecule has 0 radical (unpaired) electrons. The van der Waals surface area contributed by atoms with Crippen molar-refractivity contribution in [2.24, 2.45) is 0 Å². The number of hydrogen-bond acceptors (Lipinski definition) is 2. The van der Waals surface area contributed by atoms with Crippen molar-refractivity contribution >= 4 is 16.9 Å². The summed E-state index contributed by atoms with van der Waals surface area (Å²) in [4.78, 5) is 17.0. The first-order valence-corrected chi connectivity index (χ1v) is 6.77. The number of nitrogens with one attached hydrogen (secondary N) is 1. The van der Waals surface area contributed by atoms with Crippen molar-refractivity contribution in [2.45, 2.75) is 18.8 Å². The van der Waals surface area contributed by atoms with Crippen LogP contribution in [0.3, 0.4) is 0 Å². The van der Waals surface area contributed by atoms with Gasteiger partial charge >= 0.3 is 5.97 Å². The maximum atomic E-state index is 11.6. The predicted molar refractivity (Wildman–Crippen MR) is 74.3 cm³/mol. The molecule has 1 unspecified atom stereocenters. The minimum atomic E-state index is -0.739. The van der Waals surface area contributed by atoms with Gasteiger partial charge in [0, 0.05) is 23.6 Å². The number of H-pyrrole nitrogens is 1. The van der Waals surface area contributed by atoms with Crippen LogP contribution in [0.5, 0.6) is 0 Å². The number of aliphatic carboxylic acids is 1. The summed E-state index contributed by atoms with van der Waals surface area (Å²) in [6.07, 6.45) is 4.21. The maximum absolute atomic E-state index is 11.6. The predicted octanol–water partition coefficient (Wildman–Crippen LogP) is 2.43. The van der Waals surface area contributed by atoms with Crippen LogP contribution in [0, 0.1) is 0 Å². The topological polar surface area (TPSA) is 56.3 Å². The minimum absolute atomic E-state index is 0.450. The highest BCUT2D eigenvalue weighted by Crippen LogP contribution is 2.27. The summed E-state index contributed by atoms with van der Waals surface area (Å²) >= 11 is 0. The van der Waals surface area contributed by atoms with Gasteiger partial charge < -0.3 is 15.0 Å². The molecule has 19 heavy (non-hydrogen) atoms. The van der Waals surface area contributed by atoms with Gasteiger partial charge in [0.15, 0.2) is 0 Å². The summed E-state index contributed by atoms with van der Waals surface area (Å²) in [5.41, 5.74) is 1.90. The number of hydrogen-bond donors (Lipinski definition) is 2. The van der Waals surface area contributed by atoms with Crippen molar-refractivity contribution in [1.82, 2.24) is 9.88 Å². The van der Waals surface area contributed by atoms with Crippen LogP contribution in [0.2, 0.25) is 0 Å². The van der Waals surface area contributed by atoms with Crippen LogP contribution >= 0.6 is 0 Å². The number of nitrogens with zero attached hydrogens (tertiary/aromatic N) is 1. The Hall–Kier alpha value is -1.81. The van der Waals surface area contributed by atoms with Gasteiger partial charge in [-0.15, -0.1) is 0 Å². The van der Waals surface area contributed by atoms with E-state index in [1.54, 1.807) is 0 Å². The zero-order valence-corrected chi connectivity index (χ0v) is 10.8. The summed E-state index contributed by atoms with van der Waals surface area (Å²) in [7, 11) is 0. The lowest BCUT2D eigenvalue weighted by molar-refractivity contribution is -0.139. The number of benzene rings is 1. The van der Waals surface area contributed by atoms with E-state index in [4.69, 9.17) is 0 Å². The molecule has 100 valence electrons. The highest BCUT2D eigenvalue weighted by Gasteiger charge is 2.26. The number of likely N-dealkylation sites (tertiary alicyclic amines) is 1. The molecule has 1 atom stereocenters. The third kappa shape index (κ3) is 2.36. The molecule has 2 N–H and O–H groups in total. The first kappa shape index (κ1) is 12.2. The summed E-state index contributed by atoms with van der Waals surface area (Å²) in [5.74, 6) is -1.19. The summed E-state index contributed by atoms with van der Waals surface area (Å²) in [6, 6.07) is 7.88. The van der Waals surface area contributed by atoms with Crippen molar-refractivity contribution in [3.05, 3.63) is 36.0 Å². The number of carboxylic acids is 1. The number of rotatable bonds is 4. The Balaban J connectivity index is 1.92. The first-order valence-electron chi connectivity index (χ1n) is 6.77. The van der Waals surface area contributed by atoms with E-state index in [-0.39, 0.29) is 0 Å². The summed E-state index contributed by atoms with van der Waals surface area (Å²) < 4.78 is 0. The summed E-state index contributed by atoms with van der Waals surface area (Å²) in [5, 5.41) is 10.5. The highest BCUT2D eigenvalue weighted by molar-refractivity contribution is 5.89. The molecule has 0 bridgehead atoms. The van der Waals surface area contributed by atoms with E-state index in [0.717, 1.165) is 29.6 Å². The van der Waals surface area contributed by atoms with Crippen LogP contribution in [0.4, 0.5) is 0 Å². The van der Waals surface area contributed by atoms with E-state index in [0.29, 0.717) is 6.54 Å². The van der Waals surface area contributed by atoms with Crippen molar-refractivity contribution in [3.63, 3.8) is 0 Å². The second kappa shape index (κ2) is 5.05. The first-order chi connectivity index (χ1) is 9.25. The number of para-hydroxylation sites is 1. The molecule has 1 aliphatic heterocycles. The molecule has 0 spiro atoms. The van der Waals surface area contributed by atoms with Crippen LogP contribution in [-0.4, -0.2) is 40.6 Å². The Morgan fingerprint density at radius 1 is 1.32 bits per heavy atom. The van der Waals surface area contributed by atoms with Crippen LogP contribution < -0.4 is 0 Å². The second-order valence-corrected chi connectivity index (χ2v) is 5.19. The van der Waals surface area contributed by atoms with E-state index < -0.39 is 11.9 Å². The molecule has 4 heteroatoms. The Morgan fingerprint density at radius 2 is 2.05 bits per heavy atom. The lowest BCUT2D eigenvalue weighted by Crippen LogP contribution is -2.29. The molecule has 1 aliphatic rings. The Kier molecular flexibility index (Phi) is 3.25. The number of fused-ring (bicyclic) bond motifs is 1. The summed E-state index contributed by atoms with van der Waals surface area (Å²) in [6.45, 7) is 2.65. The van der Waals surface area contributed by atoms with Crippen LogP contribution in [0.1, 0.15) is 24.3 Å². The van der Waals surface area contributed by atoms with E-state index in [2.05, 4.69) is 9.88 Å². The average Bonchev–Trinajstić information content (AvgIpc) is 3.05. The monoisotopic (exact) mass is 258 g/mol. The van der Waals surface area contributed by atoms with Gasteiger partial charge in [-0.1, -0.05) is 18.2 Å². The maximum Gasteiger partial charge on any atom is 0.312 e. The zero-order valence-electron chi connectivity index (χ0n) is 10.8. The van der Waals surface area contributed by atoms with E-state index in [1.165, 1.54) is 12.8 Å². The third-order valence-electron chi connectivity index (χ3n) is 3.93. The quantitative estimate of drug-likeness (QED) is 0.885. The smallest absolute Gasteiger partial charge is 0.312 e. The molecular formula is C15H18N2O2. The average molecular weight is 258 g/mol. The second-order valence-electron chi connectivity index (χ2n) is 5.19.